The number of nitrogens with zero attached hydrogens (tertiary/aromatic N) is 1. The smallest absolute Gasteiger partial charge is 0.338 e. The lowest BCUT2D eigenvalue weighted by molar-refractivity contribution is -0.167. The van der Waals surface area contributed by atoms with Crippen molar-refractivity contribution in [3.05, 3.63) is 0 Å². The molecular weight excluding hydrogens is 282 g/mol. The summed E-state index contributed by atoms with van der Waals surface area (Å²) in [6.45, 7) is 4.37. The molecule has 1 aliphatic heterocycles. The molecule has 1 N–H and O–H groups in total. The van der Waals surface area contributed by atoms with Crippen LogP contribution in [0.15, 0.2) is 0 Å². The van der Waals surface area contributed by atoms with Crippen molar-refractivity contribution in [1.29, 1.82) is 0 Å². The highest BCUT2D eigenvalue weighted by molar-refractivity contribution is 5.85. The lowest BCUT2D eigenvalue weighted by Gasteiger charge is -2.28. The lowest BCUT2D eigenvalue weighted by Crippen LogP contribution is -2.42. The highest BCUT2D eigenvalue weighted by Crippen LogP contribution is 2.28. The Morgan fingerprint density at radius 2 is 1.75 bits per heavy atom. The van der Waals surface area contributed by atoms with E-state index in [1.54, 1.807) is 0 Å². The molecule has 0 aromatic carbocycles. The zero-order chi connectivity index (χ0) is 13.6. The van der Waals surface area contributed by atoms with Crippen molar-refractivity contribution in [2.45, 2.75) is 44.1 Å². The molecule has 1 saturated carbocycles. The van der Waals surface area contributed by atoms with Gasteiger partial charge in [-0.1, -0.05) is 12.8 Å². The zero-order valence-corrected chi connectivity index (χ0v) is 12.8. The van der Waals surface area contributed by atoms with E-state index >= 15 is 0 Å². The molecule has 0 unspecified atom stereocenters. The second kappa shape index (κ2) is 8.82. The van der Waals surface area contributed by atoms with Crippen LogP contribution in [-0.2, 0) is 14.3 Å². The van der Waals surface area contributed by atoms with Gasteiger partial charge in [0.2, 0.25) is 0 Å². The van der Waals surface area contributed by atoms with Crippen LogP contribution in [0.1, 0.15) is 38.5 Å². The van der Waals surface area contributed by atoms with Crippen molar-refractivity contribution in [3.8, 4) is 0 Å². The van der Waals surface area contributed by atoms with Gasteiger partial charge in [0.1, 0.15) is 6.61 Å². The minimum atomic E-state index is -1.23. The number of ether oxygens (including phenoxy) is 2. The third-order valence-corrected chi connectivity index (χ3v) is 4.06. The van der Waals surface area contributed by atoms with Crippen molar-refractivity contribution < 1.29 is 19.4 Å². The molecular formula is C14H26ClNO4. The van der Waals surface area contributed by atoms with Gasteiger partial charge in [-0.25, -0.2) is 4.79 Å². The quantitative estimate of drug-likeness (QED) is 0.628. The lowest BCUT2D eigenvalue weighted by atomic mass is 9.95. The molecule has 2 aliphatic rings. The van der Waals surface area contributed by atoms with Crippen molar-refractivity contribution in [2.75, 3.05) is 39.5 Å². The largest absolute Gasteiger partial charge is 0.462 e. The van der Waals surface area contributed by atoms with E-state index in [4.69, 9.17) is 9.47 Å². The molecule has 0 aromatic heterocycles. The Hall–Kier alpha value is -0.360. The standard InChI is InChI=1S/C14H25NO4.ClH/c16-13(14(17)5-3-1-2-4-6-14)19-12-9-15-7-10-18-11-8-15;/h17H,1-12H2;1H. The summed E-state index contributed by atoms with van der Waals surface area (Å²) in [7, 11) is 0. The number of carbonyl (C=O) groups is 1. The van der Waals surface area contributed by atoms with Crippen molar-refractivity contribution in [3.63, 3.8) is 0 Å². The first-order chi connectivity index (χ1) is 9.21. The molecule has 0 radical (unpaired) electrons. The number of rotatable bonds is 4. The number of halogens is 1. The van der Waals surface area contributed by atoms with Crippen molar-refractivity contribution >= 4 is 18.4 Å². The molecule has 1 saturated heterocycles. The van der Waals surface area contributed by atoms with E-state index in [0.717, 1.165) is 58.5 Å². The fourth-order valence-electron chi connectivity index (χ4n) is 2.74. The first kappa shape index (κ1) is 17.7. The van der Waals surface area contributed by atoms with Crippen LogP contribution in [0.4, 0.5) is 0 Å². The van der Waals surface area contributed by atoms with Gasteiger partial charge < -0.3 is 14.6 Å². The van der Waals surface area contributed by atoms with E-state index in [1.807, 2.05) is 0 Å². The predicted octanol–water partition coefficient (Wildman–Crippen LogP) is 1.37. The van der Waals surface area contributed by atoms with Crippen LogP contribution in [0.2, 0.25) is 0 Å². The topological polar surface area (TPSA) is 59.0 Å². The Morgan fingerprint density at radius 1 is 1.15 bits per heavy atom. The maximum Gasteiger partial charge on any atom is 0.338 e. The van der Waals surface area contributed by atoms with E-state index in [-0.39, 0.29) is 12.4 Å². The molecule has 1 heterocycles. The van der Waals surface area contributed by atoms with E-state index in [2.05, 4.69) is 4.90 Å². The summed E-state index contributed by atoms with van der Waals surface area (Å²) in [6.07, 6.45) is 5.11. The summed E-state index contributed by atoms with van der Waals surface area (Å²) in [6, 6.07) is 0. The molecule has 1 aliphatic carbocycles. The van der Waals surface area contributed by atoms with Gasteiger partial charge in [0, 0.05) is 19.6 Å². The summed E-state index contributed by atoms with van der Waals surface area (Å²) < 4.78 is 10.5. The summed E-state index contributed by atoms with van der Waals surface area (Å²) in [4.78, 5) is 14.2. The molecule has 20 heavy (non-hydrogen) atoms. The summed E-state index contributed by atoms with van der Waals surface area (Å²) in [5.41, 5.74) is -1.23. The zero-order valence-electron chi connectivity index (χ0n) is 12.0. The van der Waals surface area contributed by atoms with Crippen molar-refractivity contribution in [2.24, 2.45) is 0 Å². The number of aliphatic hydroxyl groups is 1. The Labute approximate surface area is 127 Å². The minimum Gasteiger partial charge on any atom is -0.462 e. The summed E-state index contributed by atoms with van der Waals surface area (Å²) in [5.74, 6) is -0.428. The van der Waals surface area contributed by atoms with Gasteiger partial charge in [-0.2, -0.15) is 0 Å². The van der Waals surface area contributed by atoms with Gasteiger partial charge in [-0.3, -0.25) is 4.90 Å². The van der Waals surface area contributed by atoms with Gasteiger partial charge in [0.25, 0.3) is 0 Å². The van der Waals surface area contributed by atoms with Gasteiger partial charge in [-0.15, -0.1) is 12.4 Å². The number of carbonyl (C=O) groups excluding carboxylic acids is 1. The number of esters is 1. The van der Waals surface area contributed by atoms with Gasteiger partial charge >= 0.3 is 5.97 Å². The average molecular weight is 308 g/mol. The molecule has 2 fully saturated rings. The molecule has 6 heteroatoms. The molecule has 0 amide bonds. The van der Waals surface area contributed by atoms with Crippen molar-refractivity contribution in [1.82, 2.24) is 4.90 Å². The van der Waals surface area contributed by atoms with E-state index in [0.29, 0.717) is 19.4 Å². The van der Waals surface area contributed by atoms with Crippen LogP contribution >= 0.6 is 12.4 Å². The SMILES string of the molecule is Cl.O=C(OCCN1CCOCC1)C1(O)CCCCCC1. The third-order valence-electron chi connectivity index (χ3n) is 4.06. The monoisotopic (exact) mass is 307 g/mol. The molecule has 118 valence electrons. The van der Waals surface area contributed by atoms with E-state index in [1.165, 1.54) is 0 Å². The second-order valence-electron chi connectivity index (χ2n) is 5.54. The fraction of sp³-hybridized carbons (Fsp3) is 0.929. The van der Waals surface area contributed by atoms with E-state index in [9.17, 15) is 9.90 Å². The molecule has 0 aromatic rings. The number of morpholine rings is 1. The molecule has 0 atom stereocenters. The summed E-state index contributed by atoms with van der Waals surface area (Å²) >= 11 is 0. The normalized spacial score (nSPS) is 23.4. The maximum absolute atomic E-state index is 12.0. The minimum absolute atomic E-state index is 0. The number of hydrogen-bond acceptors (Lipinski definition) is 5. The highest BCUT2D eigenvalue weighted by Gasteiger charge is 2.37. The Bertz CT molecular complexity index is 287. The Kier molecular flexibility index (Phi) is 7.80. The van der Waals surface area contributed by atoms with Crippen LogP contribution in [0, 0.1) is 0 Å². The van der Waals surface area contributed by atoms with Crippen LogP contribution in [0.5, 0.6) is 0 Å². The molecule has 0 spiro atoms. The van der Waals surface area contributed by atoms with Gasteiger partial charge in [-0.05, 0) is 25.7 Å². The maximum atomic E-state index is 12.0. The average Bonchev–Trinajstić information content (AvgIpc) is 2.66. The number of hydrogen-bond donors (Lipinski definition) is 1. The third kappa shape index (κ3) is 5.20. The fourth-order valence-corrected chi connectivity index (χ4v) is 2.74. The summed E-state index contributed by atoms with van der Waals surface area (Å²) in [5, 5.41) is 10.3. The van der Waals surface area contributed by atoms with Crippen LogP contribution in [0.3, 0.4) is 0 Å². The predicted molar refractivity (Wildman–Crippen MR) is 78.1 cm³/mol. The first-order valence-electron chi connectivity index (χ1n) is 7.40. The Morgan fingerprint density at radius 3 is 2.35 bits per heavy atom. The first-order valence-corrected chi connectivity index (χ1v) is 7.40. The van der Waals surface area contributed by atoms with Crippen LogP contribution in [-0.4, -0.2) is 61.0 Å². The highest BCUT2D eigenvalue weighted by atomic mass is 35.5. The second-order valence-corrected chi connectivity index (χ2v) is 5.54. The van der Waals surface area contributed by atoms with Gasteiger partial charge in [0.15, 0.2) is 5.60 Å². The van der Waals surface area contributed by atoms with Crippen LogP contribution in [0.25, 0.3) is 0 Å². The molecule has 5 nitrogen and oxygen atoms in total. The molecule has 2 rings (SSSR count). The Balaban J connectivity index is 0.00000200. The van der Waals surface area contributed by atoms with Crippen LogP contribution < -0.4 is 0 Å². The van der Waals surface area contributed by atoms with E-state index < -0.39 is 11.6 Å². The molecule has 0 bridgehead atoms. The van der Waals surface area contributed by atoms with Gasteiger partial charge in [0.05, 0.1) is 13.2 Å².